The van der Waals surface area contributed by atoms with E-state index in [1.54, 1.807) is 32.0 Å². The maximum absolute atomic E-state index is 13.5. The number of fused-ring (bicyclic) bond motifs is 1. The maximum Gasteiger partial charge on any atom is 0.350 e. The first-order valence-electron chi connectivity index (χ1n) is 12.6. The lowest BCUT2D eigenvalue weighted by atomic mass is 9.94. The summed E-state index contributed by atoms with van der Waals surface area (Å²) in [6, 6.07) is 11.9. The largest absolute Gasteiger partial charge is 0.507 e. The highest BCUT2D eigenvalue weighted by molar-refractivity contribution is 7.17. The van der Waals surface area contributed by atoms with Gasteiger partial charge in [-0.15, -0.1) is 0 Å². The van der Waals surface area contributed by atoms with Crippen molar-refractivity contribution in [3.8, 4) is 5.75 Å². The van der Waals surface area contributed by atoms with Crippen molar-refractivity contribution in [3.05, 3.63) is 80.9 Å². The Balaban J connectivity index is 1.66. The Kier molecular flexibility index (Phi) is 6.79. The Bertz CT molecular complexity index is 1470. The predicted molar refractivity (Wildman–Crippen MR) is 144 cm³/mol. The van der Waals surface area contributed by atoms with Crippen molar-refractivity contribution in [2.75, 3.05) is 11.5 Å². The lowest BCUT2D eigenvalue weighted by Gasteiger charge is -2.23. The van der Waals surface area contributed by atoms with E-state index in [0.29, 0.717) is 23.2 Å². The van der Waals surface area contributed by atoms with Crippen LogP contribution in [0, 0.1) is 6.92 Å². The molecule has 1 fully saturated rings. The number of aliphatic hydroxyl groups excluding tert-OH is 1. The van der Waals surface area contributed by atoms with E-state index in [-0.39, 0.29) is 34.1 Å². The number of hydrogen-bond acceptors (Lipinski definition) is 8. The molecule has 1 N–H and O–H groups in total. The highest BCUT2D eigenvalue weighted by Gasteiger charge is 2.48. The smallest absolute Gasteiger partial charge is 0.350 e. The van der Waals surface area contributed by atoms with Crippen molar-refractivity contribution >= 4 is 39.9 Å². The number of ether oxygens (including phenoxy) is 2. The number of hydrogen-bond donors (Lipinski definition) is 1. The monoisotopic (exact) mass is 532 g/mol. The second kappa shape index (κ2) is 10.1. The number of rotatable bonds is 6. The highest BCUT2D eigenvalue weighted by Crippen LogP contribution is 2.44. The minimum Gasteiger partial charge on any atom is -0.507 e. The van der Waals surface area contributed by atoms with Gasteiger partial charge in [0, 0.05) is 12.0 Å². The van der Waals surface area contributed by atoms with E-state index in [9.17, 15) is 19.5 Å². The van der Waals surface area contributed by atoms with Gasteiger partial charge in [-0.1, -0.05) is 42.5 Å². The molecule has 196 valence electrons. The van der Waals surface area contributed by atoms with Crippen molar-refractivity contribution < 1.29 is 29.0 Å². The van der Waals surface area contributed by atoms with Crippen molar-refractivity contribution in [1.29, 1.82) is 0 Å². The number of esters is 1. The van der Waals surface area contributed by atoms with Gasteiger partial charge in [0.05, 0.1) is 23.9 Å². The minimum absolute atomic E-state index is 0.0202. The van der Waals surface area contributed by atoms with E-state index in [4.69, 9.17) is 9.47 Å². The lowest BCUT2D eigenvalue weighted by Crippen LogP contribution is -2.29. The van der Waals surface area contributed by atoms with Crippen LogP contribution in [0.15, 0.2) is 48.0 Å². The van der Waals surface area contributed by atoms with Gasteiger partial charge in [0.15, 0.2) is 5.13 Å². The molecule has 0 radical (unpaired) electrons. The Morgan fingerprint density at radius 2 is 1.92 bits per heavy atom. The van der Waals surface area contributed by atoms with E-state index in [1.165, 1.54) is 4.90 Å². The first-order chi connectivity index (χ1) is 18.2. The van der Waals surface area contributed by atoms with Gasteiger partial charge in [-0.2, -0.15) is 0 Å². The normalized spacial score (nSPS) is 19.9. The molecular formula is C29H28N2O6S. The first-order valence-corrected chi connectivity index (χ1v) is 13.4. The molecule has 5 rings (SSSR count). The second-order valence-corrected chi connectivity index (χ2v) is 10.3. The van der Waals surface area contributed by atoms with Crippen LogP contribution in [0.1, 0.15) is 64.4 Å². The third kappa shape index (κ3) is 4.36. The highest BCUT2D eigenvalue weighted by atomic mass is 32.1. The van der Waals surface area contributed by atoms with Crippen LogP contribution < -0.4 is 9.64 Å². The Hall–Kier alpha value is -3.98. The van der Waals surface area contributed by atoms with Gasteiger partial charge in [0.2, 0.25) is 0 Å². The number of benzene rings is 2. The van der Waals surface area contributed by atoms with Crippen molar-refractivity contribution in [1.82, 2.24) is 4.98 Å². The number of aliphatic hydroxyl groups is 1. The first kappa shape index (κ1) is 25.7. The Labute approximate surface area is 224 Å². The molecule has 2 aliphatic heterocycles. The van der Waals surface area contributed by atoms with Gasteiger partial charge in [0.1, 0.15) is 22.5 Å². The van der Waals surface area contributed by atoms with Crippen molar-refractivity contribution in [2.45, 2.75) is 52.7 Å². The van der Waals surface area contributed by atoms with Gasteiger partial charge < -0.3 is 14.6 Å². The second-order valence-electron chi connectivity index (χ2n) is 9.35. The molecule has 1 aromatic heterocycles. The summed E-state index contributed by atoms with van der Waals surface area (Å²) in [6.07, 6.45) is 1.53. The third-order valence-corrected chi connectivity index (χ3v) is 7.91. The van der Waals surface area contributed by atoms with E-state index in [0.717, 1.165) is 34.6 Å². The molecular weight excluding hydrogens is 504 g/mol. The zero-order valence-corrected chi connectivity index (χ0v) is 22.4. The summed E-state index contributed by atoms with van der Waals surface area (Å²) >= 11 is 0.989. The van der Waals surface area contributed by atoms with E-state index in [1.807, 2.05) is 38.1 Å². The van der Waals surface area contributed by atoms with Crippen LogP contribution in [0.2, 0.25) is 0 Å². The Morgan fingerprint density at radius 1 is 1.18 bits per heavy atom. The zero-order chi connectivity index (χ0) is 27.1. The van der Waals surface area contributed by atoms with Crippen LogP contribution in [0.5, 0.6) is 5.75 Å². The summed E-state index contributed by atoms with van der Waals surface area (Å²) in [4.78, 5) is 45.4. The molecule has 3 heterocycles. The van der Waals surface area contributed by atoms with Crippen LogP contribution in [-0.4, -0.2) is 40.5 Å². The van der Waals surface area contributed by atoms with E-state index >= 15 is 0 Å². The van der Waals surface area contributed by atoms with Crippen molar-refractivity contribution in [2.24, 2.45) is 0 Å². The number of Topliss-reactive ketones (excluding diaryl/α,β-unsaturated/α-hetero) is 1. The molecule has 0 bridgehead atoms. The number of carbonyl (C=O) groups is 3. The summed E-state index contributed by atoms with van der Waals surface area (Å²) in [6.45, 7) is 7.56. The minimum atomic E-state index is -0.926. The molecule has 3 aromatic rings. The number of aromatic nitrogens is 1. The molecule has 0 saturated carbocycles. The fourth-order valence-electron chi connectivity index (χ4n) is 4.88. The van der Waals surface area contributed by atoms with Crippen LogP contribution in [-0.2, 0) is 27.2 Å². The number of anilines is 1. The molecule has 0 spiro atoms. The number of amides is 1. The average molecular weight is 533 g/mol. The molecule has 2 unspecified atom stereocenters. The number of carbonyl (C=O) groups excluding carboxylic acids is 3. The van der Waals surface area contributed by atoms with Crippen molar-refractivity contribution in [3.63, 3.8) is 0 Å². The average Bonchev–Trinajstić information content (AvgIpc) is 3.55. The molecule has 2 aromatic carbocycles. The molecule has 2 aliphatic rings. The van der Waals surface area contributed by atoms with Crippen LogP contribution >= 0.6 is 11.3 Å². The quantitative estimate of drug-likeness (QED) is 0.203. The van der Waals surface area contributed by atoms with Crippen LogP contribution in [0.3, 0.4) is 0 Å². The van der Waals surface area contributed by atoms with Crippen LogP contribution in [0.25, 0.3) is 5.76 Å². The summed E-state index contributed by atoms with van der Waals surface area (Å²) in [5.74, 6) is -1.70. The Morgan fingerprint density at radius 3 is 2.61 bits per heavy atom. The number of thiazole rings is 1. The molecule has 9 heteroatoms. The summed E-state index contributed by atoms with van der Waals surface area (Å²) in [5, 5.41) is 11.7. The van der Waals surface area contributed by atoms with Gasteiger partial charge in [-0.3, -0.25) is 14.5 Å². The zero-order valence-electron chi connectivity index (χ0n) is 21.6. The number of aryl methyl sites for hydroxylation is 2. The van der Waals surface area contributed by atoms with Gasteiger partial charge >= 0.3 is 11.9 Å². The topological polar surface area (TPSA) is 106 Å². The SMILES string of the molecule is CCOC(=O)c1sc(N2C(=O)C(=O)/C(=C(/O)c3ccc4c(c3)CC(C)O4)C2c2ccc(CC)cc2)nc1C. The molecule has 38 heavy (non-hydrogen) atoms. The summed E-state index contributed by atoms with van der Waals surface area (Å²) in [5.41, 5.74) is 3.46. The standard InChI is InChI=1S/C29H28N2O6S/c1-5-17-7-9-18(10-8-17)23-22(24(32)19-11-12-21-20(14-19)13-15(3)37-21)25(33)27(34)31(23)29-30-16(4)26(38-29)28(35)36-6-2/h7-12,14-15,23,32H,5-6,13H2,1-4H3/b24-22+. The van der Waals surface area contributed by atoms with E-state index < -0.39 is 23.7 Å². The number of nitrogens with zero attached hydrogens (tertiary/aromatic N) is 2. The van der Waals surface area contributed by atoms with Gasteiger partial charge in [0.25, 0.3) is 5.78 Å². The predicted octanol–water partition coefficient (Wildman–Crippen LogP) is 5.14. The summed E-state index contributed by atoms with van der Waals surface area (Å²) in [7, 11) is 0. The summed E-state index contributed by atoms with van der Waals surface area (Å²) < 4.78 is 10.9. The van der Waals surface area contributed by atoms with Crippen LogP contribution in [0.4, 0.5) is 5.13 Å². The lowest BCUT2D eigenvalue weighted by molar-refractivity contribution is -0.132. The third-order valence-electron chi connectivity index (χ3n) is 6.77. The van der Waals surface area contributed by atoms with Gasteiger partial charge in [-0.25, -0.2) is 9.78 Å². The molecule has 0 aliphatic carbocycles. The van der Waals surface area contributed by atoms with E-state index in [2.05, 4.69) is 4.98 Å². The number of ketones is 1. The molecule has 8 nitrogen and oxygen atoms in total. The van der Waals surface area contributed by atoms with Gasteiger partial charge in [-0.05, 0) is 62.1 Å². The fraction of sp³-hybridized carbons (Fsp3) is 0.310. The molecule has 1 amide bonds. The molecule has 2 atom stereocenters. The maximum atomic E-state index is 13.5. The fourth-order valence-corrected chi connectivity index (χ4v) is 5.86. The molecule has 1 saturated heterocycles.